The number of rotatable bonds is 2. The van der Waals surface area contributed by atoms with E-state index in [4.69, 9.17) is 20.2 Å². The van der Waals surface area contributed by atoms with Gasteiger partial charge in [-0.05, 0) is 79.7 Å². The van der Waals surface area contributed by atoms with Gasteiger partial charge in [-0.1, -0.05) is 12.1 Å². The molecule has 1 aromatic rings. The average Bonchev–Trinajstić information content (AvgIpc) is 3.31. The van der Waals surface area contributed by atoms with Crippen LogP contribution in [0.2, 0.25) is 0 Å². The van der Waals surface area contributed by atoms with Crippen LogP contribution in [0.5, 0.6) is 5.75 Å². The summed E-state index contributed by atoms with van der Waals surface area (Å²) in [7, 11) is 0. The first kappa shape index (κ1) is 17.5. The molecule has 5 aliphatic carbocycles. The van der Waals surface area contributed by atoms with Gasteiger partial charge in [0.25, 0.3) is 0 Å². The van der Waals surface area contributed by atoms with Gasteiger partial charge >= 0.3 is 0 Å². The van der Waals surface area contributed by atoms with Crippen molar-refractivity contribution in [3.63, 3.8) is 0 Å². The topological polar surface area (TPSA) is 73.9 Å². The lowest BCUT2D eigenvalue weighted by Gasteiger charge is -2.49. The molecule has 1 heterocycles. The first-order valence-electron chi connectivity index (χ1n) is 11.6. The number of aromatic hydroxyl groups is 1. The molecule has 5 heteroatoms. The van der Waals surface area contributed by atoms with Crippen LogP contribution < -0.4 is 5.73 Å². The Balaban J connectivity index is 1.10. The Morgan fingerprint density at radius 3 is 2.34 bits per heavy atom. The SMILES string of the molecule is NCc1cc(C2CCC3(CC2)OOC2(O3)C3CC4CC5CC2CC45C3)ccc1O. The number of phenols is 1. The van der Waals surface area contributed by atoms with Crippen LogP contribution in [0.25, 0.3) is 0 Å². The predicted molar refractivity (Wildman–Crippen MR) is 105 cm³/mol. The fraction of sp³-hybridized carbons (Fsp3) is 0.750. The van der Waals surface area contributed by atoms with Crippen LogP contribution in [0, 0.1) is 29.1 Å². The average molecular weight is 398 g/mol. The lowest BCUT2D eigenvalue weighted by molar-refractivity contribution is -0.374. The summed E-state index contributed by atoms with van der Waals surface area (Å²) in [5.74, 6) is 2.63. The van der Waals surface area contributed by atoms with Gasteiger partial charge in [-0.2, -0.15) is 9.78 Å². The number of hydrogen-bond donors (Lipinski definition) is 2. The molecule has 3 bridgehead atoms. The second-order valence-corrected chi connectivity index (χ2v) is 10.9. The Hall–Kier alpha value is -1.14. The van der Waals surface area contributed by atoms with Gasteiger partial charge in [-0.25, -0.2) is 0 Å². The van der Waals surface area contributed by atoms with Crippen LogP contribution in [0.4, 0.5) is 0 Å². The molecule has 5 saturated carbocycles. The molecule has 1 saturated heterocycles. The van der Waals surface area contributed by atoms with E-state index in [9.17, 15) is 5.11 Å². The number of phenolic OH excluding ortho intramolecular Hbond substituents is 1. The number of hydrogen-bond acceptors (Lipinski definition) is 5. The van der Waals surface area contributed by atoms with Crippen molar-refractivity contribution in [3.8, 4) is 5.75 Å². The summed E-state index contributed by atoms with van der Waals surface area (Å²) in [6, 6.07) is 5.88. The van der Waals surface area contributed by atoms with E-state index in [2.05, 4.69) is 6.07 Å². The van der Waals surface area contributed by atoms with E-state index >= 15 is 0 Å². The van der Waals surface area contributed by atoms with Gasteiger partial charge in [0.2, 0.25) is 11.6 Å². The summed E-state index contributed by atoms with van der Waals surface area (Å²) in [6.45, 7) is 0.366. The van der Waals surface area contributed by atoms with Crippen molar-refractivity contribution in [1.29, 1.82) is 0 Å². The lowest BCUT2D eigenvalue weighted by Crippen LogP contribution is -2.50. The van der Waals surface area contributed by atoms with Gasteiger partial charge in [0.15, 0.2) is 0 Å². The second-order valence-electron chi connectivity index (χ2n) is 10.9. The zero-order chi connectivity index (χ0) is 19.4. The molecule has 5 nitrogen and oxygen atoms in total. The highest BCUT2D eigenvalue weighted by Crippen LogP contribution is 2.79. The highest BCUT2D eigenvalue weighted by Gasteiger charge is 2.77. The largest absolute Gasteiger partial charge is 0.508 e. The zero-order valence-electron chi connectivity index (χ0n) is 16.9. The molecule has 6 aliphatic rings. The molecule has 156 valence electrons. The van der Waals surface area contributed by atoms with Crippen LogP contribution in [-0.4, -0.2) is 16.7 Å². The first-order chi connectivity index (χ1) is 14.1. The highest BCUT2D eigenvalue weighted by atomic mass is 17.3. The Morgan fingerprint density at radius 2 is 1.66 bits per heavy atom. The third-order valence-electron chi connectivity index (χ3n) is 9.94. The molecular formula is C24H31NO4. The monoisotopic (exact) mass is 397 g/mol. The van der Waals surface area contributed by atoms with Gasteiger partial charge in [0.05, 0.1) is 0 Å². The fourth-order valence-electron chi connectivity index (χ4n) is 8.48. The van der Waals surface area contributed by atoms with E-state index in [1.54, 1.807) is 6.07 Å². The summed E-state index contributed by atoms with van der Waals surface area (Å²) >= 11 is 0. The van der Waals surface area contributed by atoms with Crippen LogP contribution in [0.1, 0.15) is 74.8 Å². The highest BCUT2D eigenvalue weighted by molar-refractivity contribution is 5.37. The van der Waals surface area contributed by atoms with E-state index in [0.717, 1.165) is 43.1 Å². The molecule has 1 aromatic carbocycles. The molecule has 0 amide bonds. The Morgan fingerprint density at radius 1 is 0.966 bits per heavy atom. The maximum Gasteiger partial charge on any atom is 0.210 e. The van der Waals surface area contributed by atoms with Crippen molar-refractivity contribution >= 4 is 0 Å². The first-order valence-corrected chi connectivity index (χ1v) is 11.6. The minimum Gasteiger partial charge on any atom is -0.508 e. The van der Waals surface area contributed by atoms with Gasteiger partial charge in [0, 0.05) is 36.8 Å². The number of fused-ring (bicyclic) bond motifs is 4. The van der Waals surface area contributed by atoms with Gasteiger partial charge < -0.3 is 15.6 Å². The van der Waals surface area contributed by atoms with Crippen molar-refractivity contribution in [2.24, 2.45) is 34.8 Å². The normalized spacial score (nSPS) is 51.7. The molecule has 4 atom stereocenters. The van der Waals surface area contributed by atoms with E-state index in [0.29, 0.717) is 35.5 Å². The summed E-state index contributed by atoms with van der Waals surface area (Å²) in [4.78, 5) is 12.3. The minimum atomic E-state index is -0.556. The van der Waals surface area contributed by atoms with Crippen molar-refractivity contribution in [1.82, 2.24) is 0 Å². The Labute approximate surface area is 171 Å². The summed E-state index contributed by atoms with van der Waals surface area (Å²) < 4.78 is 6.89. The molecule has 1 aliphatic heterocycles. The number of nitrogens with two attached hydrogens (primary N) is 1. The molecule has 3 N–H and O–H groups in total. The van der Waals surface area contributed by atoms with Gasteiger partial charge in [-0.3, -0.25) is 0 Å². The molecule has 29 heavy (non-hydrogen) atoms. The van der Waals surface area contributed by atoms with E-state index < -0.39 is 11.6 Å². The van der Waals surface area contributed by atoms with Gasteiger partial charge in [-0.15, -0.1) is 0 Å². The number of ether oxygens (including phenoxy) is 1. The maximum absolute atomic E-state index is 9.93. The molecule has 4 unspecified atom stereocenters. The fourth-order valence-corrected chi connectivity index (χ4v) is 8.48. The van der Waals surface area contributed by atoms with Gasteiger partial charge in [0.1, 0.15) is 5.75 Å². The molecule has 3 spiro atoms. The van der Waals surface area contributed by atoms with Crippen molar-refractivity contribution in [3.05, 3.63) is 29.3 Å². The molecule has 0 aromatic heterocycles. The molecule has 6 fully saturated rings. The lowest BCUT2D eigenvalue weighted by atomic mass is 9.56. The Bertz CT molecular complexity index is 836. The second kappa shape index (κ2) is 5.56. The zero-order valence-corrected chi connectivity index (χ0v) is 16.9. The van der Waals surface area contributed by atoms with E-state index in [1.807, 2.05) is 6.07 Å². The Kier molecular flexibility index (Phi) is 3.36. The van der Waals surface area contributed by atoms with Crippen molar-refractivity contribution in [2.75, 3.05) is 0 Å². The smallest absolute Gasteiger partial charge is 0.210 e. The van der Waals surface area contributed by atoms with Crippen molar-refractivity contribution in [2.45, 2.75) is 81.8 Å². The third kappa shape index (κ3) is 2.10. The maximum atomic E-state index is 9.93. The number of benzene rings is 1. The summed E-state index contributed by atoms with van der Waals surface area (Å²) in [5, 5.41) is 9.93. The standard InChI is InChI=1S/C24H31NO4/c25-13-16-7-15(1-2-21(16)26)14-3-5-23(6-4-14)27-24(29-28-23)19-9-17-8-18-10-20(24)12-22(17,18)11-19/h1-2,7,14,17-20,26H,3-6,8-13,25H2. The van der Waals surface area contributed by atoms with E-state index in [1.165, 1.54) is 37.7 Å². The quantitative estimate of drug-likeness (QED) is 0.727. The minimum absolute atomic E-state index is 0.292. The van der Waals surface area contributed by atoms with Crippen LogP contribution in [0.15, 0.2) is 18.2 Å². The molecular weight excluding hydrogens is 366 g/mol. The summed E-state index contributed by atoms with van der Waals surface area (Å²) in [6.07, 6.45) is 10.4. The van der Waals surface area contributed by atoms with E-state index in [-0.39, 0.29) is 0 Å². The van der Waals surface area contributed by atoms with Crippen LogP contribution in [0.3, 0.4) is 0 Å². The van der Waals surface area contributed by atoms with Crippen molar-refractivity contribution < 1.29 is 19.6 Å². The van der Waals surface area contributed by atoms with Crippen LogP contribution in [-0.2, 0) is 21.1 Å². The van der Waals surface area contributed by atoms with Crippen LogP contribution >= 0.6 is 0 Å². The molecule has 0 radical (unpaired) electrons. The summed E-state index contributed by atoms with van der Waals surface area (Å²) in [5.41, 5.74) is 8.52. The third-order valence-corrected chi connectivity index (χ3v) is 9.94. The molecule has 7 rings (SSSR count). The predicted octanol–water partition coefficient (Wildman–Crippen LogP) is 4.34.